The van der Waals surface area contributed by atoms with E-state index >= 15 is 0 Å². The van der Waals surface area contributed by atoms with Crippen LogP contribution in [0.1, 0.15) is 0 Å². The molecule has 21 heavy (non-hydrogen) atoms. The van der Waals surface area contributed by atoms with Gasteiger partial charge in [0.1, 0.15) is 54.9 Å². The summed E-state index contributed by atoms with van der Waals surface area (Å²) in [5, 5.41) is 84.8. The molecule has 9 N–H and O–H groups in total. The van der Waals surface area contributed by atoms with Gasteiger partial charge in [-0.1, -0.05) is 0 Å². The molecule has 0 aromatic rings. The standard InChI is InChI=1S/C11H22O10/c12-1-3(14)5(15)7(17)9(19)11-10(20)8(18)6(16)4(2-13)21-11/h3-20H,1-2H2/t3-,4-,5+,6-,7-,8+,9?,10-,11?/m1/s1. The third-order valence-corrected chi connectivity index (χ3v) is 3.55. The predicted molar refractivity (Wildman–Crippen MR) is 64.9 cm³/mol. The SMILES string of the molecule is OC[C@@H](O)[C@H](O)[C@@H](O)C(O)C1O[C@H](CO)[C@@H](O)[C@H](O)[C@H]1O. The average molecular weight is 314 g/mol. The van der Waals surface area contributed by atoms with Crippen LogP contribution < -0.4 is 0 Å². The molecule has 9 atom stereocenters. The van der Waals surface area contributed by atoms with Crippen molar-refractivity contribution < 1.29 is 50.7 Å². The van der Waals surface area contributed by atoms with Crippen LogP contribution in [0.3, 0.4) is 0 Å². The molecule has 1 aliphatic rings. The van der Waals surface area contributed by atoms with E-state index in [2.05, 4.69) is 0 Å². The summed E-state index contributed by atoms with van der Waals surface area (Å²) in [7, 11) is 0. The van der Waals surface area contributed by atoms with Gasteiger partial charge in [-0.3, -0.25) is 0 Å². The van der Waals surface area contributed by atoms with Crippen molar-refractivity contribution in [3.63, 3.8) is 0 Å². The molecule has 1 fully saturated rings. The van der Waals surface area contributed by atoms with Gasteiger partial charge < -0.3 is 50.7 Å². The highest BCUT2D eigenvalue weighted by molar-refractivity contribution is 4.97. The molecule has 126 valence electrons. The van der Waals surface area contributed by atoms with Crippen molar-refractivity contribution in [2.75, 3.05) is 13.2 Å². The van der Waals surface area contributed by atoms with Crippen LogP contribution >= 0.6 is 0 Å². The second kappa shape index (κ2) is 7.74. The van der Waals surface area contributed by atoms with Gasteiger partial charge in [-0.2, -0.15) is 0 Å². The molecule has 10 heteroatoms. The van der Waals surface area contributed by atoms with E-state index in [1.165, 1.54) is 0 Å². The predicted octanol–water partition coefficient (Wildman–Crippen LogP) is -5.74. The first-order chi connectivity index (χ1) is 9.76. The molecule has 0 aromatic heterocycles. The lowest BCUT2D eigenvalue weighted by molar-refractivity contribution is -0.263. The van der Waals surface area contributed by atoms with Crippen LogP contribution in [0.2, 0.25) is 0 Å². The van der Waals surface area contributed by atoms with Crippen molar-refractivity contribution in [3.8, 4) is 0 Å². The Kier molecular flexibility index (Phi) is 6.87. The molecule has 0 radical (unpaired) electrons. The first-order valence-electron chi connectivity index (χ1n) is 6.39. The lowest BCUT2D eigenvalue weighted by Gasteiger charge is -2.43. The molecule has 0 aromatic carbocycles. The molecule has 1 saturated heterocycles. The van der Waals surface area contributed by atoms with E-state index in [1.807, 2.05) is 0 Å². The van der Waals surface area contributed by atoms with E-state index in [9.17, 15) is 35.7 Å². The lowest BCUT2D eigenvalue weighted by atomic mass is 9.88. The zero-order valence-corrected chi connectivity index (χ0v) is 11.0. The fourth-order valence-electron chi connectivity index (χ4n) is 2.14. The first kappa shape index (κ1) is 18.6. The molecule has 0 amide bonds. The Hall–Kier alpha value is -0.400. The molecule has 2 unspecified atom stereocenters. The van der Waals surface area contributed by atoms with Gasteiger partial charge in [-0.25, -0.2) is 0 Å². The minimum absolute atomic E-state index is 0.716. The fourth-order valence-corrected chi connectivity index (χ4v) is 2.14. The number of aliphatic hydroxyl groups excluding tert-OH is 9. The zero-order chi connectivity index (χ0) is 16.3. The number of hydrogen-bond donors (Lipinski definition) is 9. The maximum absolute atomic E-state index is 9.88. The Morgan fingerprint density at radius 1 is 0.810 bits per heavy atom. The molecule has 10 nitrogen and oxygen atoms in total. The summed E-state index contributed by atoms with van der Waals surface area (Å²) < 4.78 is 5.00. The van der Waals surface area contributed by atoms with E-state index in [0.29, 0.717) is 0 Å². The van der Waals surface area contributed by atoms with Gasteiger partial charge in [0.05, 0.1) is 13.2 Å². The Labute approximate surface area is 120 Å². The molecule has 1 rings (SSSR count). The van der Waals surface area contributed by atoms with Gasteiger partial charge in [0, 0.05) is 0 Å². The highest BCUT2D eigenvalue weighted by Crippen LogP contribution is 2.25. The molecule has 0 saturated carbocycles. The molecule has 0 spiro atoms. The van der Waals surface area contributed by atoms with E-state index in [1.54, 1.807) is 0 Å². The summed E-state index contributed by atoms with van der Waals surface area (Å²) in [5.41, 5.74) is 0. The van der Waals surface area contributed by atoms with Crippen LogP contribution in [-0.4, -0.2) is 114 Å². The number of aliphatic hydroxyl groups is 9. The number of ether oxygens (including phenoxy) is 1. The molecule has 0 aliphatic carbocycles. The van der Waals surface area contributed by atoms with Crippen LogP contribution in [0.25, 0.3) is 0 Å². The van der Waals surface area contributed by atoms with Crippen molar-refractivity contribution in [2.24, 2.45) is 0 Å². The van der Waals surface area contributed by atoms with Crippen LogP contribution in [0.15, 0.2) is 0 Å². The summed E-state index contributed by atoms with van der Waals surface area (Å²) in [6.45, 7) is -1.59. The maximum atomic E-state index is 9.88. The minimum Gasteiger partial charge on any atom is -0.394 e. The van der Waals surface area contributed by atoms with E-state index in [4.69, 9.17) is 14.9 Å². The van der Waals surface area contributed by atoms with Crippen molar-refractivity contribution in [2.45, 2.75) is 54.9 Å². The quantitative estimate of drug-likeness (QED) is 0.228. The van der Waals surface area contributed by atoms with Crippen molar-refractivity contribution >= 4 is 0 Å². The lowest BCUT2D eigenvalue weighted by Crippen LogP contribution is -2.64. The smallest absolute Gasteiger partial charge is 0.115 e. The summed E-state index contributed by atoms with van der Waals surface area (Å²) >= 11 is 0. The second-order valence-electron chi connectivity index (χ2n) is 5.02. The van der Waals surface area contributed by atoms with Crippen LogP contribution in [0.4, 0.5) is 0 Å². The van der Waals surface area contributed by atoms with Crippen molar-refractivity contribution in [1.82, 2.24) is 0 Å². The summed E-state index contributed by atoms with van der Waals surface area (Å²) in [4.78, 5) is 0. The minimum atomic E-state index is -2.01. The van der Waals surface area contributed by atoms with Crippen LogP contribution in [0, 0.1) is 0 Å². The van der Waals surface area contributed by atoms with Gasteiger partial charge in [0.15, 0.2) is 0 Å². The van der Waals surface area contributed by atoms with Crippen LogP contribution in [0.5, 0.6) is 0 Å². The van der Waals surface area contributed by atoms with Gasteiger partial charge in [-0.15, -0.1) is 0 Å². The third kappa shape index (κ3) is 3.87. The van der Waals surface area contributed by atoms with E-state index in [-0.39, 0.29) is 0 Å². The summed E-state index contributed by atoms with van der Waals surface area (Å²) in [6, 6.07) is 0. The topological polar surface area (TPSA) is 191 Å². The summed E-state index contributed by atoms with van der Waals surface area (Å²) in [6.07, 6.45) is -15.7. The van der Waals surface area contributed by atoms with Gasteiger partial charge in [-0.05, 0) is 0 Å². The van der Waals surface area contributed by atoms with E-state index in [0.717, 1.165) is 0 Å². The summed E-state index contributed by atoms with van der Waals surface area (Å²) in [5.74, 6) is 0. The average Bonchev–Trinajstić information content (AvgIpc) is 2.50. The molecular formula is C11H22O10. The number of rotatable bonds is 6. The monoisotopic (exact) mass is 314 g/mol. The highest BCUT2D eigenvalue weighted by atomic mass is 16.6. The molecular weight excluding hydrogens is 292 g/mol. The first-order valence-corrected chi connectivity index (χ1v) is 6.39. The van der Waals surface area contributed by atoms with Crippen LogP contribution in [-0.2, 0) is 4.74 Å². The Morgan fingerprint density at radius 2 is 1.38 bits per heavy atom. The Bertz CT molecular complexity index is 313. The highest BCUT2D eigenvalue weighted by Gasteiger charge is 2.48. The maximum Gasteiger partial charge on any atom is 0.115 e. The van der Waals surface area contributed by atoms with E-state index < -0.39 is 68.1 Å². The van der Waals surface area contributed by atoms with Crippen molar-refractivity contribution in [1.29, 1.82) is 0 Å². The fraction of sp³-hybridized carbons (Fsp3) is 1.00. The Morgan fingerprint density at radius 3 is 1.86 bits per heavy atom. The normalized spacial score (nSPS) is 39.6. The third-order valence-electron chi connectivity index (χ3n) is 3.55. The Balaban J connectivity index is 2.82. The zero-order valence-electron chi connectivity index (χ0n) is 11.0. The van der Waals surface area contributed by atoms with Gasteiger partial charge >= 0.3 is 0 Å². The van der Waals surface area contributed by atoms with Gasteiger partial charge in [0.25, 0.3) is 0 Å². The second-order valence-corrected chi connectivity index (χ2v) is 5.02. The van der Waals surface area contributed by atoms with Gasteiger partial charge in [0.2, 0.25) is 0 Å². The molecule has 1 aliphatic heterocycles. The largest absolute Gasteiger partial charge is 0.394 e. The molecule has 1 heterocycles. The number of hydrogen-bond acceptors (Lipinski definition) is 10. The molecule has 0 bridgehead atoms. The van der Waals surface area contributed by atoms with Crippen molar-refractivity contribution in [3.05, 3.63) is 0 Å².